The van der Waals surface area contributed by atoms with E-state index in [4.69, 9.17) is 0 Å². The third-order valence-corrected chi connectivity index (χ3v) is 3.57. The first-order valence-corrected chi connectivity index (χ1v) is 7.51. The summed E-state index contributed by atoms with van der Waals surface area (Å²) in [6.07, 6.45) is 3.10. The first kappa shape index (κ1) is 18.5. The molecule has 1 aliphatic heterocycles. The Hall–Kier alpha value is -1.59. The maximum absolute atomic E-state index is 12.1. The zero-order valence-corrected chi connectivity index (χ0v) is 13.8. The number of piperidine rings is 1. The Morgan fingerprint density at radius 2 is 1.68 bits per heavy atom. The lowest BCUT2D eigenvalue weighted by molar-refractivity contribution is -0.119. The number of benzene rings is 1. The van der Waals surface area contributed by atoms with Gasteiger partial charge in [0.05, 0.1) is 6.04 Å². The zero-order valence-electron chi connectivity index (χ0n) is 13.0. The van der Waals surface area contributed by atoms with Gasteiger partial charge in [-0.25, -0.2) is 0 Å². The zero-order chi connectivity index (χ0) is 15.2. The average molecular weight is 326 g/mol. The number of hydrogen-bond donors (Lipinski definition) is 3. The van der Waals surface area contributed by atoms with Crippen LogP contribution in [-0.4, -0.2) is 24.4 Å². The van der Waals surface area contributed by atoms with Crippen molar-refractivity contribution in [1.29, 1.82) is 0 Å². The summed E-state index contributed by atoms with van der Waals surface area (Å²) in [5, 5.41) is 8.94. The van der Waals surface area contributed by atoms with E-state index in [1.165, 1.54) is 0 Å². The van der Waals surface area contributed by atoms with E-state index >= 15 is 0 Å². The van der Waals surface area contributed by atoms with Crippen LogP contribution in [0.15, 0.2) is 24.3 Å². The number of rotatable bonds is 4. The predicted octanol–water partition coefficient (Wildman–Crippen LogP) is 2.78. The van der Waals surface area contributed by atoms with Crippen LogP contribution in [0.5, 0.6) is 0 Å². The second kappa shape index (κ2) is 8.76. The van der Waals surface area contributed by atoms with Gasteiger partial charge in [0.2, 0.25) is 11.8 Å². The molecule has 0 unspecified atom stereocenters. The number of amides is 2. The van der Waals surface area contributed by atoms with E-state index in [-0.39, 0.29) is 36.2 Å². The summed E-state index contributed by atoms with van der Waals surface area (Å²) in [4.78, 5) is 23.7. The molecule has 1 fully saturated rings. The normalized spacial score (nSPS) is 17.5. The Bertz CT molecular complexity index is 497. The molecule has 0 aromatic heterocycles. The van der Waals surface area contributed by atoms with Crippen LogP contribution in [0.4, 0.5) is 11.4 Å². The van der Waals surface area contributed by atoms with Gasteiger partial charge in [-0.3, -0.25) is 9.59 Å². The molecule has 0 radical (unpaired) electrons. The second-order valence-corrected chi connectivity index (χ2v) is 5.71. The Labute approximate surface area is 137 Å². The Balaban J connectivity index is 0.00000242. The molecule has 122 valence electrons. The van der Waals surface area contributed by atoms with Gasteiger partial charge >= 0.3 is 0 Å². The molecule has 0 saturated carbocycles. The number of hydrogen-bond acceptors (Lipinski definition) is 3. The van der Waals surface area contributed by atoms with E-state index in [0.717, 1.165) is 37.2 Å². The lowest BCUT2D eigenvalue weighted by atomic mass is 10.0. The fraction of sp³-hybridized carbons (Fsp3) is 0.500. The SMILES string of the molecule is CC(C)C(=O)Nc1ccc(NC(=O)[C@H]2CCCCN2)cc1.Cl. The molecule has 1 atom stereocenters. The molecule has 5 nitrogen and oxygen atoms in total. The van der Waals surface area contributed by atoms with Gasteiger partial charge in [-0.1, -0.05) is 20.3 Å². The van der Waals surface area contributed by atoms with E-state index < -0.39 is 0 Å². The quantitative estimate of drug-likeness (QED) is 0.797. The van der Waals surface area contributed by atoms with Gasteiger partial charge in [-0.05, 0) is 43.7 Å². The van der Waals surface area contributed by atoms with E-state index in [0.29, 0.717) is 0 Å². The van der Waals surface area contributed by atoms with Crippen LogP contribution in [0.3, 0.4) is 0 Å². The summed E-state index contributed by atoms with van der Waals surface area (Å²) in [5.41, 5.74) is 1.48. The number of carbonyl (C=O) groups excluding carboxylic acids is 2. The first-order valence-electron chi connectivity index (χ1n) is 7.51. The summed E-state index contributed by atoms with van der Waals surface area (Å²) in [7, 11) is 0. The molecule has 1 aromatic rings. The van der Waals surface area contributed by atoms with Crippen molar-refractivity contribution < 1.29 is 9.59 Å². The molecule has 1 aliphatic rings. The van der Waals surface area contributed by atoms with Crippen LogP contribution >= 0.6 is 12.4 Å². The highest BCUT2D eigenvalue weighted by Crippen LogP contribution is 2.16. The van der Waals surface area contributed by atoms with Crippen LogP contribution in [0, 0.1) is 5.92 Å². The molecular weight excluding hydrogens is 302 g/mol. The van der Waals surface area contributed by atoms with Crippen molar-refractivity contribution in [2.45, 2.75) is 39.2 Å². The standard InChI is InChI=1S/C16H23N3O2.ClH/c1-11(2)15(20)18-12-6-8-13(9-7-12)19-16(21)14-5-3-4-10-17-14;/h6-9,11,14,17H,3-5,10H2,1-2H3,(H,18,20)(H,19,21);1H/t14-;/m1./s1. The largest absolute Gasteiger partial charge is 0.326 e. The van der Waals surface area contributed by atoms with E-state index in [2.05, 4.69) is 16.0 Å². The molecule has 6 heteroatoms. The van der Waals surface area contributed by atoms with Gasteiger partial charge in [0.1, 0.15) is 0 Å². The van der Waals surface area contributed by atoms with Crippen molar-refractivity contribution >= 4 is 35.6 Å². The lowest BCUT2D eigenvalue weighted by Crippen LogP contribution is -2.43. The topological polar surface area (TPSA) is 70.2 Å². The second-order valence-electron chi connectivity index (χ2n) is 5.71. The van der Waals surface area contributed by atoms with Gasteiger partial charge in [-0.15, -0.1) is 12.4 Å². The monoisotopic (exact) mass is 325 g/mol. The third kappa shape index (κ3) is 5.31. The van der Waals surface area contributed by atoms with Crippen LogP contribution in [0.25, 0.3) is 0 Å². The highest BCUT2D eigenvalue weighted by atomic mass is 35.5. The average Bonchev–Trinajstić information content (AvgIpc) is 2.50. The molecule has 1 heterocycles. The summed E-state index contributed by atoms with van der Waals surface area (Å²) >= 11 is 0. The smallest absolute Gasteiger partial charge is 0.241 e. The Morgan fingerprint density at radius 3 is 2.18 bits per heavy atom. The van der Waals surface area contributed by atoms with E-state index in [1.54, 1.807) is 24.3 Å². The maximum atomic E-state index is 12.1. The minimum atomic E-state index is -0.0981. The summed E-state index contributed by atoms with van der Waals surface area (Å²) in [5.74, 6) is -0.0615. The minimum Gasteiger partial charge on any atom is -0.326 e. The Morgan fingerprint density at radius 1 is 1.09 bits per heavy atom. The van der Waals surface area contributed by atoms with Gasteiger partial charge in [0, 0.05) is 17.3 Å². The van der Waals surface area contributed by atoms with Crippen LogP contribution in [-0.2, 0) is 9.59 Å². The van der Waals surface area contributed by atoms with Crippen molar-refractivity contribution in [2.75, 3.05) is 17.2 Å². The van der Waals surface area contributed by atoms with Crippen molar-refractivity contribution in [3.63, 3.8) is 0 Å². The van der Waals surface area contributed by atoms with Crippen LogP contribution < -0.4 is 16.0 Å². The highest BCUT2D eigenvalue weighted by molar-refractivity contribution is 5.96. The first-order chi connectivity index (χ1) is 10.1. The molecular formula is C16H24ClN3O2. The highest BCUT2D eigenvalue weighted by Gasteiger charge is 2.20. The number of anilines is 2. The van der Waals surface area contributed by atoms with Gasteiger partial charge < -0.3 is 16.0 Å². The number of carbonyl (C=O) groups is 2. The van der Waals surface area contributed by atoms with Crippen LogP contribution in [0.1, 0.15) is 33.1 Å². The molecule has 0 aliphatic carbocycles. The van der Waals surface area contributed by atoms with Crippen molar-refractivity contribution in [2.24, 2.45) is 5.92 Å². The Kier molecular flexibility index (Phi) is 7.35. The van der Waals surface area contributed by atoms with Crippen LogP contribution in [0.2, 0.25) is 0 Å². The van der Waals surface area contributed by atoms with Crippen molar-refractivity contribution in [1.82, 2.24) is 5.32 Å². The van der Waals surface area contributed by atoms with Crippen molar-refractivity contribution in [3.05, 3.63) is 24.3 Å². The molecule has 0 spiro atoms. The van der Waals surface area contributed by atoms with Gasteiger partial charge in [0.25, 0.3) is 0 Å². The molecule has 0 bridgehead atoms. The number of halogens is 1. The summed E-state index contributed by atoms with van der Waals surface area (Å²) in [6, 6.07) is 7.10. The molecule has 2 amide bonds. The molecule has 1 aromatic carbocycles. The minimum absolute atomic E-state index is 0. The molecule has 1 saturated heterocycles. The van der Waals surface area contributed by atoms with Gasteiger partial charge in [0.15, 0.2) is 0 Å². The van der Waals surface area contributed by atoms with Gasteiger partial charge in [-0.2, -0.15) is 0 Å². The lowest BCUT2D eigenvalue weighted by Gasteiger charge is -2.22. The molecule has 2 rings (SSSR count). The number of nitrogens with one attached hydrogen (secondary N) is 3. The summed E-state index contributed by atoms with van der Waals surface area (Å²) in [6.45, 7) is 4.60. The van der Waals surface area contributed by atoms with E-state index in [1.807, 2.05) is 13.8 Å². The van der Waals surface area contributed by atoms with Crippen molar-refractivity contribution in [3.8, 4) is 0 Å². The fourth-order valence-corrected chi connectivity index (χ4v) is 2.23. The maximum Gasteiger partial charge on any atom is 0.241 e. The third-order valence-electron chi connectivity index (χ3n) is 3.57. The summed E-state index contributed by atoms with van der Waals surface area (Å²) < 4.78 is 0. The van der Waals surface area contributed by atoms with E-state index in [9.17, 15) is 9.59 Å². The molecule has 3 N–H and O–H groups in total. The molecule has 22 heavy (non-hydrogen) atoms. The fourth-order valence-electron chi connectivity index (χ4n) is 2.23. The predicted molar refractivity (Wildman–Crippen MR) is 91.4 cm³/mol.